The van der Waals surface area contributed by atoms with Crippen LogP contribution in [0.1, 0.15) is 37.1 Å². The second-order valence-electron chi connectivity index (χ2n) is 6.92. The number of nitrogens with one attached hydrogen (secondary N) is 1. The highest BCUT2D eigenvalue weighted by atomic mass is 15.3. The van der Waals surface area contributed by atoms with E-state index in [2.05, 4.69) is 51.3 Å². The highest BCUT2D eigenvalue weighted by Gasteiger charge is 2.24. The van der Waals surface area contributed by atoms with Gasteiger partial charge in [-0.15, -0.1) is 0 Å². The van der Waals surface area contributed by atoms with Crippen molar-refractivity contribution in [3.63, 3.8) is 0 Å². The first-order chi connectivity index (χ1) is 12.2. The van der Waals surface area contributed by atoms with Gasteiger partial charge in [-0.25, -0.2) is 9.67 Å². The normalized spacial score (nSPS) is 18.9. The molecule has 1 saturated heterocycles. The molecule has 1 fully saturated rings. The average molecular weight is 336 g/mol. The summed E-state index contributed by atoms with van der Waals surface area (Å²) in [6, 6.07) is 7.05. The third-order valence-electron chi connectivity index (χ3n) is 4.79. The minimum Gasteiger partial charge on any atom is -0.314 e. The summed E-state index contributed by atoms with van der Waals surface area (Å²) in [5, 5.41) is 9.07. The van der Waals surface area contributed by atoms with Crippen LogP contribution in [-0.4, -0.2) is 44.3 Å². The van der Waals surface area contributed by atoms with Crippen molar-refractivity contribution >= 4 is 11.0 Å². The molecule has 0 bridgehead atoms. The summed E-state index contributed by atoms with van der Waals surface area (Å²) in [5.74, 6) is 0. The van der Waals surface area contributed by atoms with Crippen LogP contribution in [0, 0.1) is 0 Å². The Balaban J connectivity index is 1.58. The fourth-order valence-corrected chi connectivity index (χ4v) is 3.52. The lowest BCUT2D eigenvalue weighted by Gasteiger charge is -2.36. The fourth-order valence-electron chi connectivity index (χ4n) is 3.52. The predicted molar refractivity (Wildman–Crippen MR) is 98.2 cm³/mol. The molecule has 6 nitrogen and oxygen atoms in total. The number of rotatable bonds is 4. The molecule has 0 aromatic carbocycles. The van der Waals surface area contributed by atoms with E-state index in [1.807, 2.05) is 35.5 Å². The van der Waals surface area contributed by atoms with Crippen molar-refractivity contribution in [3.05, 3.63) is 54.1 Å². The topological polar surface area (TPSA) is 58.9 Å². The Labute approximate surface area is 147 Å². The molecule has 130 valence electrons. The van der Waals surface area contributed by atoms with Crippen molar-refractivity contribution in [1.29, 1.82) is 0 Å². The molecule has 4 heterocycles. The molecule has 6 heteroatoms. The number of piperazine rings is 1. The van der Waals surface area contributed by atoms with Crippen LogP contribution < -0.4 is 5.32 Å². The molecule has 1 aliphatic rings. The SMILES string of the molecule is CC(C)n1ncc2cc(CN3CCNCC3c3cccnc3)cnc21. The molecule has 4 rings (SSSR count). The van der Waals surface area contributed by atoms with Crippen LogP contribution in [-0.2, 0) is 6.54 Å². The quantitative estimate of drug-likeness (QED) is 0.793. The molecule has 25 heavy (non-hydrogen) atoms. The van der Waals surface area contributed by atoms with Crippen LogP contribution in [0.4, 0.5) is 0 Å². The lowest BCUT2D eigenvalue weighted by Crippen LogP contribution is -2.45. The van der Waals surface area contributed by atoms with E-state index in [1.165, 1.54) is 11.1 Å². The number of hydrogen-bond acceptors (Lipinski definition) is 5. The van der Waals surface area contributed by atoms with Crippen LogP contribution in [0.5, 0.6) is 0 Å². The zero-order chi connectivity index (χ0) is 17.2. The number of aromatic nitrogens is 4. The molecular formula is C19H24N6. The summed E-state index contributed by atoms with van der Waals surface area (Å²) >= 11 is 0. The maximum absolute atomic E-state index is 4.67. The Bertz CT molecular complexity index is 842. The average Bonchev–Trinajstić information content (AvgIpc) is 3.06. The van der Waals surface area contributed by atoms with Crippen LogP contribution in [0.3, 0.4) is 0 Å². The van der Waals surface area contributed by atoms with Gasteiger partial charge in [0.05, 0.1) is 6.20 Å². The third kappa shape index (κ3) is 3.27. The molecule has 0 saturated carbocycles. The van der Waals surface area contributed by atoms with Crippen LogP contribution in [0.25, 0.3) is 11.0 Å². The molecule has 1 aliphatic heterocycles. The Hall–Kier alpha value is -2.31. The summed E-state index contributed by atoms with van der Waals surface area (Å²) in [4.78, 5) is 11.5. The monoisotopic (exact) mass is 336 g/mol. The molecule has 0 aliphatic carbocycles. The number of fused-ring (bicyclic) bond motifs is 1. The first-order valence-electron chi connectivity index (χ1n) is 8.89. The van der Waals surface area contributed by atoms with Crippen molar-refractivity contribution in [1.82, 2.24) is 30.0 Å². The Kier molecular flexibility index (Phi) is 4.46. The number of hydrogen-bond donors (Lipinski definition) is 1. The molecule has 0 radical (unpaired) electrons. The van der Waals surface area contributed by atoms with Gasteiger partial charge in [0, 0.05) is 62.2 Å². The fraction of sp³-hybridized carbons (Fsp3) is 0.421. The molecular weight excluding hydrogens is 312 g/mol. The lowest BCUT2D eigenvalue weighted by molar-refractivity contribution is 0.153. The first-order valence-corrected chi connectivity index (χ1v) is 8.89. The van der Waals surface area contributed by atoms with E-state index in [9.17, 15) is 0 Å². The molecule has 1 N–H and O–H groups in total. The predicted octanol–water partition coefficient (Wildman–Crippen LogP) is 2.55. The Morgan fingerprint density at radius 1 is 1.28 bits per heavy atom. The van der Waals surface area contributed by atoms with Gasteiger partial charge in [0.15, 0.2) is 5.65 Å². The highest BCUT2D eigenvalue weighted by molar-refractivity contribution is 5.75. The van der Waals surface area contributed by atoms with E-state index >= 15 is 0 Å². The van der Waals surface area contributed by atoms with E-state index in [-0.39, 0.29) is 0 Å². The largest absolute Gasteiger partial charge is 0.314 e. The first kappa shape index (κ1) is 16.2. The summed E-state index contributed by atoms with van der Waals surface area (Å²) in [6.07, 6.45) is 7.71. The summed E-state index contributed by atoms with van der Waals surface area (Å²) in [6.45, 7) is 8.12. The molecule has 0 amide bonds. The lowest BCUT2D eigenvalue weighted by atomic mass is 10.0. The van der Waals surface area contributed by atoms with Crippen LogP contribution in [0.15, 0.2) is 43.0 Å². The van der Waals surface area contributed by atoms with Gasteiger partial charge in [-0.1, -0.05) is 6.07 Å². The van der Waals surface area contributed by atoms with Crippen molar-refractivity contribution in [3.8, 4) is 0 Å². The summed E-state index contributed by atoms with van der Waals surface area (Å²) in [5.41, 5.74) is 3.45. The van der Waals surface area contributed by atoms with Gasteiger partial charge in [0.25, 0.3) is 0 Å². The third-order valence-corrected chi connectivity index (χ3v) is 4.79. The van der Waals surface area contributed by atoms with E-state index in [0.29, 0.717) is 12.1 Å². The van der Waals surface area contributed by atoms with E-state index in [0.717, 1.165) is 37.2 Å². The number of pyridine rings is 2. The van der Waals surface area contributed by atoms with E-state index < -0.39 is 0 Å². The van der Waals surface area contributed by atoms with Crippen molar-refractivity contribution in [2.45, 2.75) is 32.5 Å². The van der Waals surface area contributed by atoms with Crippen molar-refractivity contribution in [2.24, 2.45) is 0 Å². The second-order valence-corrected chi connectivity index (χ2v) is 6.92. The van der Waals surface area contributed by atoms with Gasteiger partial charge in [-0.05, 0) is 37.1 Å². The maximum Gasteiger partial charge on any atom is 0.157 e. The van der Waals surface area contributed by atoms with Crippen molar-refractivity contribution < 1.29 is 0 Å². The number of nitrogens with zero attached hydrogens (tertiary/aromatic N) is 5. The van der Waals surface area contributed by atoms with E-state index in [4.69, 9.17) is 0 Å². The second kappa shape index (κ2) is 6.90. The van der Waals surface area contributed by atoms with Crippen LogP contribution >= 0.6 is 0 Å². The van der Waals surface area contributed by atoms with Crippen molar-refractivity contribution in [2.75, 3.05) is 19.6 Å². The highest BCUT2D eigenvalue weighted by Crippen LogP contribution is 2.24. The van der Waals surface area contributed by atoms with Gasteiger partial charge in [-0.2, -0.15) is 5.10 Å². The van der Waals surface area contributed by atoms with Crippen LogP contribution in [0.2, 0.25) is 0 Å². The molecule has 3 aromatic heterocycles. The van der Waals surface area contributed by atoms with Gasteiger partial charge in [0.2, 0.25) is 0 Å². The zero-order valence-corrected chi connectivity index (χ0v) is 14.8. The minimum atomic E-state index is 0.318. The summed E-state index contributed by atoms with van der Waals surface area (Å²) < 4.78 is 1.97. The smallest absolute Gasteiger partial charge is 0.157 e. The van der Waals surface area contributed by atoms with E-state index in [1.54, 1.807) is 0 Å². The van der Waals surface area contributed by atoms with Gasteiger partial charge >= 0.3 is 0 Å². The Morgan fingerprint density at radius 3 is 3.00 bits per heavy atom. The van der Waals surface area contributed by atoms with Gasteiger partial charge < -0.3 is 5.32 Å². The van der Waals surface area contributed by atoms with Gasteiger partial charge in [-0.3, -0.25) is 9.88 Å². The molecule has 3 aromatic rings. The molecule has 1 unspecified atom stereocenters. The van der Waals surface area contributed by atoms with Gasteiger partial charge in [0.1, 0.15) is 0 Å². The molecule has 1 atom stereocenters. The zero-order valence-electron chi connectivity index (χ0n) is 14.8. The Morgan fingerprint density at radius 2 is 2.20 bits per heavy atom. The summed E-state index contributed by atoms with van der Waals surface area (Å²) in [7, 11) is 0. The minimum absolute atomic E-state index is 0.318. The molecule has 0 spiro atoms. The maximum atomic E-state index is 4.67. The standard InChI is InChI=1S/C19H24N6/c1-14(2)25-19-17(11-23-25)8-15(9-22-19)13-24-7-6-21-12-18(24)16-4-3-5-20-10-16/h3-5,8-11,14,18,21H,6-7,12-13H2,1-2H3.